The van der Waals surface area contributed by atoms with Crippen LogP contribution in [-0.2, 0) is 11.4 Å². The highest BCUT2D eigenvalue weighted by Crippen LogP contribution is 2.28. The average molecular weight is 235 g/mol. The SMILES string of the molecule is Cc1ccc(N2CC(CO)CC2=O)c(CO)c1. The summed E-state index contributed by atoms with van der Waals surface area (Å²) in [6.07, 6.45) is 0.384. The smallest absolute Gasteiger partial charge is 0.227 e. The van der Waals surface area contributed by atoms with Gasteiger partial charge in [0, 0.05) is 36.7 Å². The van der Waals surface area contributed by atoms with E-state index >= 15 is 0 Å². The van der Waals surface area contributed by atoms with Gasteiger partial charge in [-0.05, 0) is 13.0 Å². The van der Waals surface area contributed by atoms with E-state index < -0.39 is 0 Å². The zero-order chi connectivity index (χ0) is 12.4. The number of benzene rings is 1. The van der Waals surface area contributed by atoms with Crippen molar-refractivity contribution in [2.24, 2.45) is 5.92 Å². The summed E-state index contributed by atoms with van der Waals surface area (Å²) in [4.78, 5) is 13.5. The Morgan fingerprint density at radius 1 is 1.41 bits per heavy atom. The Labute approximate surface area is 100 Å². The number of aliphatic hydroxyl groups excluding tert-OH is 2. The zero-order valence-electron chi connectivity index (χ0n) is 9.89. The minimum absolute atomic E-state index is 0.00958. The molecule has 1 aliphatic heterocycles. The molecule has 1 fully saturated rings. The molecule has 1 unspecified atom stereocenters. The van der Waals surface area contributed by atoms with Gasteiger partial charge in [0.05, 0.1) is 6.61 Å². The zero-order valence-corrected chi connectivity index (χ0v) is 9.89. The summed E-state index contributed by atoms with van der Waals surface area (Å²) in [7, 11) is 0. The first kappa shape index (κ1) is 12.1. The van der Waals surface area contributed by atoms with E-state index in [1.165, 1.54) is 0 Å². The lowest BCUT2D eigenvalue weighted by molar-refractivity contribution is -0.117. The number of hydrogen-bond acceptors (Lipinski definition) is 3. The number of aliphatic hydroxyl groups is 2. The van der Waals surface area contributed by atoms with Crippen molar-refractivity contribution in [3.63, 3.8) is 0 Å². The first-order valence-electron chi connectivity index (χ1n) is 5.77. The molecule has 0 radical (unpaired) electrons. The van der Waals surface area contributed by atoms with Gasteiger partial charge in [0.15, 0.2) is 0 Å². The van der Waals surface area contributed by atoms with Crippen LogP contribution in [0, 0.1) is 12.8 Å². The summed E-state index contributed by atoms with van der Waals surface area (Å²) in [6.45, 7) is 2.43. The molecule has 1 aromatic rings. The lowest BCUT2D eigenvalue weighted by atomic mass is 10.1. The van der Waals surface area contributed by atoms with E-state index in [0.717, 1.165) is 16.8 Å². The molecule has 1 aliphatic rings. The predicted octanol–water partition coefficient (Wildman–Crippen LogP) is 0.833. The van der Waals surface area contributed by atoms with Gasteiger partial charge in [0.2, 0.25) is 5.91 Å². The van der Waals surface area contributed by atoms with Gasteiger partial charge >= 0.3 is 0 Å². The highest BCUT2D eigenvalue weighted by Gasteiger charge is 2.31. The molecule has 17 heavy (non-hydrogen) atoms. The predicted molar refractivity (Wildman–Crippen MR) is 64.6 cm³/mol. The van der Waals surface area contributed by atoms with Crippen LogP contribution in [-0.4, -0.2) is 29.3 Å². The molecule has 0 bridgehead atoms. The number of amides is 1. The molecule has 0 saturated carbocycles. The van der Waals surface area contributed by atoms with Gasteiger partial charge in [-0.2, -0.15) is 0 Å². The molecule has 0 aliphatic carbocycles. The second-order valence-corrected chi connectivity index (χ2v) is 4.55. The first-order chi connectivity index (χ1) is 8.15. The van der Waals surface area contributed by atoms with Crippen LogP contribution in [0.4, 0.5) is 5.69 Å². The van der Waals surface area contributed by atoms with Gasteiger partial charge in [-0.25, -0.2) is 0 Å². The molecule has 1 aromatic carbocycles. The van der Waals surface area contributed by atoms with Crippen molar-refractivity contribution < 1.29 is 15.0 Å². The Morgan fingerprint density at radius 3 is 2.76 bits per heavy atom. The Kier molecular flexibility index (Phi) is 3.45. The van der Waals surface area contributed by atoms with Crippen LogP contribution in [0.15, 0.2) is 18.2 Å². The van der Waals surface area contributed by atoms with Crippen molar-refractivity contribution in [3.05, 3.63) is 29.3 Å². The maximum absolute atomic E-state index is 11.8. The van der Waals surface area contributed by atoms with Gasteiger partial charge in [-0.15, -0.1) is 0 Å². The number of carbonyl (C=O) groups excluding carboxylic acids is 1. The quantitative estimate of drug-likeness (QED) is 0.816. The number of hydrogen-bond donors (Lipinski definition) is 2. The second kappa shape index (κ2) is 4.85. The van der Waals surface area contributed by atoms with Crippen molar-refractivity contribution in [3.8, 4) is 0 Å². The van der Waals surface area contributed by atoms with Crippen LogP contribution in [0.25, 0.3) is 0 Å². The molecular weight excluding hydrogens is 218 g/mol. The van der Waals surface area contributed by atoms with Gasteiger partial charge in [0.25, 0.3) is 0 Å². The van der Waals surface area contributed by atoms with Crippen LogP contribution in [0.3, 0.4) is 0 Å². The maximum atomic E-state index is 11.8. The van der Waals surface area contributed by atoms with E-state index in [4.69, 9.17) is 5.11 Å². The van der Waals surface area contributed by atoms with Crippen molar-refractivity contribution in [1.29, 1.82) is 0 Å². The van der Waals surface area contributed by atoms with E-state index in [0.29, 0.717) is 13.0 Å². The van der Waals surface area contributed by atoms with Crippen molar-refractivity contribution >= 4 is 11.6 Å². The van der Waals surface area contributed by atoms with Crippen LogP contribution >= 0.6 is 0 Å². The Morgan fingerprint density at radius 2 is 2.18 bits per heavy atom. The normalized spacial score (nSPS) is 20.1. The molecule has 1 saturated heterocycles. The number of anilines is 1. The van der Waals surface area contributed by atoms with Crippen LogP contribution in [0.2, 0.25) is 0 Å². The molecule has 92 valence electrons. The van der Waals surface area contributed by atoms with Crippen LogP contribution in [0.1, 0.15) is 17.5 Å². The summed E-state index contributed by atoms with van der Waals surface area (Å²) >= 11 is 0. The number of nitrogens with zero attached hydrogens (tertiary/aromatic N) is 1. The molecule has 1 amide bonds. The lowest BCUT2D eigenvalue weighted by Gasteiger charge is -2.20. The Balaban J connectivity index is 2.31. The third-order valence-corrected chi connectivity index (χ3v) is 3.16. The van der Waals surface area contributed by atoms with Gasteiger partial charge in [-0.3, -0.25) is 4.79 Å². The van der Waals surface area contributed by atoms with Crippen LogP contribution < -0.4 is 4.90 Å². The third kappa shape index (κ3) is 2.33. The van der Waals surface area contributed by atoms with E-state index in [-0.39, 0.29) is 25.0 Å². The summed E-state index contributed by atoms with van der Waals surface area (Å²) in [5, 5.41) is 18.4. The van der Waals surface area contributed by atoms with Gasteiger partial charge in [-0.1, -0.05) is 17.7 Å². The van der Waals surface area contributed by atoms with Crippen molar-refractivity contribution in [2.45, 2.75) is 20.0 Å². The molecule has 0 aromatic heterocycles. The second-order valence-electron chi connectivity index (χ2n) is 4.55. The molecule has 2 N–H and O–H groups in total. The molecule has 1 atom stereocenters. The molecule has 4 nitrogen and oxygen atoms in total. The van der Waals surface area contributed by atoms with Gasteiger partial charge < -0.3 is 15.1 Å². The molecule has 2 rings (SSSR count). The largest absolute Gasteiger partial charge is 0.396 e. The minimum Gasteiger partial charge on any atom is -0.396 e. The monoisotopic (exact) mass is 235 g/mol. The summed E-state index contributed by atoms with van der Waals surface area (Å²) in [6, 6.07) is 5.67. The van der Waals surface area contributed by atoms with Crippen LogP contribution in [0.5, 0.6) is 0 Å². The molecule has 1 heterocycles. The fourth-order valence-corrected chi connectivity index (χ4v) is 2.24. The van der Waals surface area contributed by atoms with E-state index in [1.54, 1.807) is 4.90 Å². The summed E-state index contributed by atoms with van der Waals surface area (Å²) < 4.78 is 0. The van der Waals surface area contributed by atoms with Gasteiger partial charge in [0.1, 0.15) is 0 Å². The van der Waals surface area contributed by atoms with E-state index in [1.807, 2.05) is 25.1 Å². The third-order valence-electron chi connectivity index (χ3n) is 3.16. The van der Waals surface area contributed by atoms with Crippen molar-refractivity contribution in [1.82, 2.24) is 0 Å². The average Bonchev–Trinajstić information content (AvgIpc) is 2.70. The molecule has 4 heteroatoms. The molecular formula is C13H17NO3. The fraction of sp³-hybridized carbons (Fsp3) is 0.462. The van der Waals surface area contributed by atoms with E-state index in [9.17, 15) is 9.90 Å². The highest BCUT2D eigenvalue weighted by molar-refractivity contribution is 5.96. The summed E-state index contributed by atoms with van der Waals surface area (Å²) in [5.74, 6) is 0.0259. The topological polar surface area (TPSA) is 60.8 Å². The highest BCUT2D eigenvalue weighted by atomic mass is 16.3. The maximum Gasteiger partial charge on any atom is 0.227 e. The standard InChI is InChI=1S/C13H17NO3/c1-9-2-3-12(11(4-9)8-16)14-6-10(7-15)5-13(14)17/h2-4,10,15-16H,5-8H2,1H3. The molecule has 0 spiro atoms. The lowest BCUT2D eigenvalue weighted by Crippen LogP contribution is -2.26. The number of carbonyl (C=O) groups is 1. The minimum atomic E-state index is -0.0788. The van der Waals surface area contributed by atoms with E-state index in [2.05, 4.69) is 0 Å². The van der Waals surface area contributed by atoms with Crippen molar-refractivity contribution in [2.75, 3.05) is 18.1 Å². The number of aryl methyl sites for hydroxylation is 1. The summed E-state index contributed by atoms with van der Waals surface area (Å²) in [5.41, 5.74) is 2.58. The number of rotatable bonds is 3. The Hall–Kier alpha value is -1.39. The fourth-order valence-electron chi connectivity index (χ4n) is 2.24. The first-order valence-corrected chi connectivity index (χ1v) is 5.77. The Bertz CT molecular complexity index is 431.